The number of thiol groups is 1. The van der Waals surface area contributed by atoms with Crippen LogP contribution in [0.4, 0.5) is 0 Å². The van der Waals surface area contributed by atoms with Gasteiger partial charge in [-0.2, -0.15) is 12.6 Å². The van der Waals surface area contributed by atoms with Crippen molar-refractivity contribution in [1.82, 2.24) is 0 Å². The van der Waals surface area contributed by atoms with Gasteiger partial charge in [0.05, 0.1) is 0 Å². The minimum Gasteiger partial charge on any atom is -0.486 e. The molecule has 0 N–H and O–H groups in total. The maximum Gasteiger partial charge on any atom is 0.162 e. The Morgan fingerprint density at radius 2 is 2.00 bits per heavy atom. The fourth-order valence-electron chi connectivity index (χ4n) is 1.34. The highest BCUT2D eigenvalue weighted by molar-refractivity contribution is 7.80. The van der Waals surface area contributed by atoms with Crippen LogP contribution in [0.15, 0.2) is 18.2 Å². The third-order valence-electron chi connectivity index (χ3n) is 2.01. The molecule has 0 atom stereocenters. The van der Waals surface area contributed by atoms with Gasteiger partial charge in [0.1, 0.15) is 13.2 Å². The van der Waals surface area contributed by atoms with Crippen molar-refractivity contribution >= 4 is 12.6 Å². The Morgan fingerprint density at radius 1 is 1.20 bits per heavy atom. The van der Waals surface area contributed by atoms with E-state index in [2.05, 4.69) is 24.5 Å². The van der Waals surface area contributed by atoms with Gasteiger partial charge in [0, 0.05) is 17.7 Å². The van der Waals surface area contributed by atoms with Crippen LogP contribution < -0.4 is 9.47 Å². The average molecular weight is 220 g/mol. The quantitative estimate of drug-likeness (QED) is 0.577. The highest BCUT2D eigenvalue weighted by atomic mass is 32.1. The van der Waals surface area contributed by atoms with Crippen molar-refractivity contribution in [3.05, 3.63) is 23.8 Å². The lowest BCUT2D eigenvalue weighted by Crippen LogP contribution is -2.15. The van der Waals surface area contributed by atoms with Gasteiger partial charge in [0.15, 0.2) is 11.5 Å². The number of hydrogen-bond donors (Lipinski definition) is 1. The Hall–Kier alpha value is -1.27. The lowest BCUT2D eigenvalue weighted by molar-refractivity contribution is 0.171. The van der Waals surface area contributed by atoms with Crippen LogP contribution in [0.5, 0.6) is 11.5 Å². The summed E-state index contributed by atoms with van der Waals surface area (Å²) in [5.41, 5.74) is 0.959. The van der Waals surface area contributed by atoms with Gasteiger partial charge in [-0.3, -0.25) is 0 Å². The second-order valence-corrected chi connectivity index (χ2v) is 3.58. The number of fused-ring (bicyclic) bond motifs is 1. The highest BCUT2D eigenvalue weighted by Gasteiger charge is 2.10. The van der Waals surface area contributed by atoms with Gasteiger partial charge in [-0.05, 0) is 18.2 Å². The Bertz CT molecular complexity index is 404. The summed E-state index contributed by atoms with van der Waals surface area (Å²) < 4.78 is 10.9. The summed E-state index contributed by atoms with van der Waals surface area (Å²) in [6.07, 6.45) is 0.803. The third kappa shape index (κ3) is 2.60. The normalized spacial score (nSPS) is 12.9. The smallest absolute Gasteiger partial charge is 0.162 e. The second kappa shape index (κ2) is 4.99. The van der Waals surface area contributed by atoms with E-state index in [1.54, 1.807) is 0 Å². The van der Waals surface area contributed by atoms with E-state index in [0.717, 1.165) is 29.2 Å². The summed E-state index contributed by atoms with van der Waals surface area (Å²) in [6, 6.07) is 5.76. The van der Waals surface area contributed by atoms with Crippen molar-refractivity contribution < 1.29 is 9.47 Å². The third-order valence-corrected chi connectivity index (χ3v) is 2.24. The van der Waals surface area contributed by atoms with E-state index in [1.165, 1.54) is 0 Å². The van der Waals surface area contributed by atoms with Crippen LogP contribution in [0.3, 0.4) is 0 Å². The molecule has 1 aromatic rings. The molecule has 78 valence electrons. The number of ether oxygens (including phenoxy) is 2. The van der Waals surface area contributed by atoms with E-state index in [9.17, 15) is 0 Å². The predicted octanol–water partition coefficient (Wildman–Crippen LogP) is 2.13. The van der Waals surface area contributed by atoms with Crippen LogP contribution in [-0.2, 0) is 0 Å². The Morgan fingerprint density at radius 3 is 2.80 bits per heavy atom. The van der Waals surface area contributed by atoms with Crippen molar-refractivity contribution in [3.8, 4) is 23.3 Å². The highest BCUT2D eigenvalue weighted by Crippen LogP contribution is 2.30. The second-order valence-electron chi connectivity index (χ2n) is 3.13. The standard InChI is InChI=1S/C12H12O2S/c15-8-2-1-3-10-4-5-11-12(9-10)14-7-6-13-11/h4-5,9,15H,2,6-8H2. The van der Waals surface area contributed by atoms with Gasteiger partial charge >= 0.3 is 0 Å². The molecule has 1 aliphatic heterocycles. The largest absolute Gasteiger partial charge is 0.486 e. The van der Waals surface area contributed by atoms with Gasteiger partial charge in [0.2, 0.25) is 0 Å². The monoisotopic (exact) mass is 220 g/mol. The summed E-state index contributed by atoms with van der Waals surface area (Å²) in [5, 5.41) is 0. The molecule has 0 radical (unpaired) electrons. The number of hydrogen-bond acceptors (Lipinski definition) is 3. The maximum atomic E-state index is 5.46. The molecule has 1 aliphatic rings. The van der Waals surface area contributed by atoms with E-state index < -0.39 is 0 Å². The van der Waals surface area contributed by atoms with Crippen molar-refractivity contribution in [1.29, 1.82) is 0 Å². The first-order valence-electron chi connectivity index (χ1n) is 4.89. The Balaban J connectivity index is 2.18. The van der Waals surface area contributed by atoms with Crippen LogP contribution in [-0.4, -0.2) is 19.0 Å². The first-order chi connectivity index (χ1) is 7.40. The molecule has 15 heavy (non-hydrogen) atoms. The first kappa shape index (κ1) is 10.3. The molecule has 0 saturated carbocycles. The molecule has 0 saturated heterocycles. The fourth-order valence-corrected chi connectivity index (χ4v) is 1.45. The summed E-state index contributed by atoms with van der Waals surface area (Å²) >= 11 is 4.10. The van der Waals surface area contributed by atoms with E-state index in [-0.39, 0.29) is 0 Å². The van der Waals surface area contributed by atoms with Crippen LogP contribution in [0.1, 0.15) is 12.0 Å². The molecular weight excluding hydrogens is 208 g/mol. The molecule has 1 aromatic carbocycles. The van der Waals surface area contributed by atoms with Gasteiger partial charge in [-0.15, -0.1) is 0 Å². The van der Waals surface area contributed by atoms with Gasteiger partial charge in [-0.1, -0.05) is 11.8 Å². The van der Waals surface area contributed by atoms with Gasteiger partial charge in [0.25, 0.3) is 0 Å². The Labute approximate surface area is 95.0 Å². The minimum absolute atomic E-state index is 0.612. The van der Waals surface area contributed by atoms with Crippen LogP contribution in [0, 0.1) is 11.8 Å². The van der Waals surface area contributed by atoms with E-state index in [0.29, 0.717) is 13.2 Å². The SMILES string of the molecule is SCCC#Cc1ccc2c(c1)OCCO2. The molecule has 0 aliphatic carbocycles. The summed E-state index contributed by atoms with van der Waals surface area (Å²) in [7, 11) is 0. The predicted molar refractivity (Wildman–Crippen MR) is 62.8 cm³/mol. The van der Waals surface area contributed by atoms with Crippen LogP contribution >= 0.6 is 12.6 Å². The molecule has 1 heterocycles. The molecule has 0 unspecified atom stereocenters. The summed E-state index contributed by atoms with van der Waals surface area (Å²) in [4.78, 5) is 0. The fraction of sp³-hybridized carbons (Fsp3) is 0.333. The topological polar surface area (TPSA) is 18.5 Å². The van der Waals surface area contributed by atoms with Crippen LogP contribution in [0.2, 0.25) is 0 Å². The van der Waals surface area contributed by atoms with E-state index >= 15 is 0 Å². The number of benzene rings is 1. The van der Waals surface area contributed by atoms with Crippen LogP contribution in [0.25, 0.3) is 0 Å². The van der Waals surface area contributed by atoms with Gasteiger partial charge in [-0.25, -0.2) is 0 Å². The molecule has 2 nitrogen and oxygen atoms in total. The average Bonchev–Trinajstić information content (AvgIpc) is 2.29. The minimum atomic E-state index is 0.612. The zero-order valence-electron chi connectivity index (χ0n) is 8.32. The lowest BCUT2D eigenvalue weighted by Gasteiger charge is -2.17. The van der Waals surface area contributed by atoms with Gasteiger partial charge < -0.3 is 9.47 Å². The first-order valence-corrected chi connectivity index (χ1v) is 5.53. The van der Waals surface area contributed by atoms with Crippen molar-refractivity contribution in [2.24, 2.45) is 0 Å². The molecule has 0 amide bonds. The summed E-state index contributed by atoms with van der Waals surface area (Å²) in [6.45, 7) is 1.23. The van der Waals surface area contributed by atoms with E-state index in [1.807, 2.05) is 18.2 Å². The molecule has 2 rings (SSSR count). The summed E-state index contributed by atoms with van der Waals surface area (Å²) in [5.74, 6) is 8.48. The maximum absolute atomic E-state index is 5.46. The molecule has 0 fully saturated rings. The van der Waals surface area contributed by atoms with Crippen molar-refractivity contribution in [2.45, 2.75) is 6.42 Å². The lowest BCUT2D eigenvalue weighted by atomic mass is 10.2. The Kier molecular flexibility index (Phi) is 3.41. The van der Waals surface area contributed by atoms with Crippen molar-refractivity contribution in [2.75, 3.05) is 19.0 Å². The number of rotatable bonds is 1. The zero-order chi connectivity index (χ0) is 10.5. The molecule has 0 aromatic heterocycles. The molecular formula is C12H12O2S. The molecule has 0 spiro atoms. The molecule has 3 heteroatoms. The molecule has 0 bridgehead atoms. The van der Waals surface area contributed by atoms with Crippen molar-refractivity contribution in [3.63, 3.8) is 0 Å². The zero-order valence-corrected chi connectivity index (χ0v) is 9.22. The van der Waals surface area contributed by atoms with E-state index in [4.69, 9.17) is 9.47 Å².